The highest BCUT2D eigenvalue weighted by Gasteiger charge is 2.36. The lowest BCUT2D eigenvalue weighted by atomic mass is 9.96. The number of alkyl halides is 6. The second-order valence-electron chi connectivity index (χ2n) is 8.27. The number of likely N-dealkylation sites (tertiary alicyclic amines) is 1. The van der Waals surface area contributed by atoms with Crippen LogP contribution in [0.15, 0.2) is 39.5 Å². The first-order valence-electron chi connectivity index (χ1n) is 10.9. The summed E-state index contributed by atoms with van der Waals surface area (Å²) in [6.45, 7) is 5.44. The zero-order valence-corrected chi connectivity index (χ0v) is 18.9. The Morgan fingerprint density at radius 1 is 1.14 bits per heavy atom. The molecule has 1 saturated heterocycles. The van der Waals surface area contributed by atoms with Gasteiger partial charge >= 0.3 is 12.4 Å². The summed E-state index contributed by atoms with van der Waals surface area (Å²) >= 11 is 0. The number of carbonyl (C=O) groups is 1. The van der Waals surface area contributed by atoms with E-state index in [0.717, 1.165) is 12.1 Å². The third kappa shape index (κ3) is 6.19. The van der Waals surface area contributed by atoms with E-state index in [0.29, 0.717) is 36.9 Å². The average molecular weight is 528 g/mol. The minimum absolute atomic E-state index is 0.0985. The number of rotatable bonds is 6. The van der Waals surface area contributed by atoms with Crippen LogP contribution in [0.2, 0.25) is 0 Å². The molecular formula is C22H18F6N6O3. The van der Waals surface area contributed by atoms with Gasteiger partial charge in [0.25, 0.3) is 5.91 Å². The van der Waals surface area contributed by atoms with E-state index in [1.807, 2.05) is 0 Å². The molecule has 37 heavy (non-hydrogen) atoms. The fraction of sp³-hybridized carbons (Fsp3) is 0.409. The second-order valence-corrected chi connectivity index (χ2v) is 8.27. The van der Waals surface area contributed by atoms with Gasteiger partial charge in [-0.3, -0.25) is 4.79 Å². The third-order valence-corrected chi connectivity index (χ3v) is 5.74. The fourth-order valence-electron chi connectivity index (χ4n) is 3.98. The summed E-state index contributed by atoms with van der Waals surface area (Å²) in [6, 6.07) is 3.78. The smallest absolute Gasteiger partial charge is 0.355 e. The van der Waals surface area contributed by atoms with E-state index < -0.39 is 42.4 Å². The monoisotopic (exact) mass is 528 g/mol. The standard InChI is InChI=1S/C22H18F6N6O3/c1-29-16-3-2-14(10-15(16)22(26,27)28)34(12-21(23,24)25)11-18-31-19(37-32-18)13-5-8-33(9-6-13)20(35)17-4-7-30-36-17/h2-4,7,10,13H,5-6,8-9,11-12H2. The van der Waals surface area contributed by atoms with Gasteiger partial charge in [0.2, 0.25) is 11.7 Å². The van der Waals surface area contributed by atoms with Gasteiger partial charge in [-0.05, 0) is 25.0 Å². The van der Waals surface area contributed by atoms with Crippen molar-refractivity contribution in [2.75, 3.05) is 24.5 Å². The van der Waals surface area contributed by atoms with Crippen molar-refractivity contribution in [2.24, 2.45) is 0 Å². The summed E-state index contributed by atoms with van der Waals surface area (Å²) in [4.78, 5) is 21.5. The van der Waals surface area contributed by atoms with Crippen LogP contribution in [-0.2, 0) is 12.7 Å². The lowest BCUT2D eigenvalue weighted by Crippen LogP contribution is -2.37. The van der Waals surface area contributed by atoms with E-state index in [1.54, 1.807) is 4.90 Å². The number of amides is 1. The summed E-state index contributed by atoms with van der Waals surface area (Å²) in [5, 5.41) is 7.21. The van der Waals surface area contributed by atoms with Crippen molar-refractivity contribution < 1.29 is 40.2 Å². The summed E-state index contributed by atoms with van der Waals surface area (Å²) in [5.41, 5.74) is -2.46. The minimum atomic E-state index is -4.93. The maximum absolute atomic E-state index is 13.4. The first-order valence-corrected chi connectivity index (χ1v) is 10.9. The van der Waals surface area contributed by atoms with E-state index in [-0.39, 0.29) is 29.3 Å². The quantitative estimate of drug-likeness (QED) is 0.320. The minimum Gasteiger partial charge on any atom is -0.355 e. The van der Waals surface area contributed by atoms with Crippen molar-refractivity contribution in [1.82, 2.24) is 20.2 Å². The molecular weight excluding hydrogens is 510 g/mol. The first-order chi connectivity index (χ1) is 17.4. The molecule has 1 aliphatic heterocycles. The maximum atomic E-state index is 13.4. The molecule has 0 saturated carbocycles. The van der Waals surface area contributed by atoms with Crippen LogP contribution < -0.4 is 4.90 Å². The lowest BCUT2D eigenvalue weighted by Gasteiger charge is -2.29. The molecule has 2 aromatic heterocycles. The molecule has 0 atom stereocenters. The van der Waals surface area contributed by atoms with Gasteiger partial charge in [-0.15, -0.1) is 0 Å². The van der Waals surface area contributed by atoms with Crippen LogP contribution in [0.3, 0.4) is 0 Å². The summed E-state index contributed by atoms with van der Waals surface area (Å²) in [6.07, 6.45) is -7.43. The van der Waals surface area contributed by atoms with E-state index in [9.17, 15) is 31.1 Å². The number of carbonyl (C=O) groups excluding carboxylic acids is 1. The van der Waals surface area contributed by atoms with Gasteiger partial charge in [0, 0.05) is 30.8 Å². The molecule has 1 fully saturated rings. The predicted molar refractivity (Wildman–Crippen MR) is 113 cm³/mol. The normalized spacial score (nSPS) is 15.0. The second kappa shape index (κ2) is 10.1. The van der Waals surface area contributed by atoms with E-state index in [4.69, 9.17) is 15.6 Å². The summed E-state index contributed by atoms with van der Waals surface area (Å²) in [5.74, 6) is -0.477. The summed E-state index contributed by atoms with van der Waals surface area (Å²) in [7, 11) is 0. The Bertz CT molecular complexity index is 1270. The van der Waals surface area contributed by atoms with Crippen LogP contribution in [0.4, 0.5) is 37.7 Å². The Hall–Kier alpha value is -4.09. The molecule has 9 nitrogen and oxygen atoms in total. The number of hydrogen-bond acceptors (Lipinski definition) is 7. The third-order valence-electron chi connectivity index (χ3n) is 5.74. The van der Waals surface area contributed by atoms with Crippen LogP contribution in [0.1, 0.15) is 46.6 Å². The molecule has 0 spiro atoms. The highest BCUT2D eigenvalue weighted by Crippen LogP contribution is 2.39. The molecule has 1 amide bonds. The highest BCUT2D eigenvalue weighted by atomic mass is 19.4. The Balaban J connectivity index is 1.48. The predicted octanol–water partition coefficient (Wildman–Crippen LogP) is 5.22. The lowest BCUT2D eigenvalue weighted by molar-refractivity contribution is -0.136. The molecule has 15 heteroatoms. The molecule has 0 bridgehead atoms. The first kappa shape index (κ1) is 26.0. The molecule has 196 valence electrons. The zero-order chi connectivity index (χ0) is 26.8. The Morgan fingerprint density at radius 3 is 2.46 bits per heavy atom. The Morgan fingerprint density at radius 2 is 1.86 bits per heavy atom. The van der Waals surface area contributed by atoms with Crippen LogP contribution in [0.5, 0.6) is 0 Å². The van der Waals surface area contributed by atoms with Crippen molar-refractivity contribution >= 4 is 17.3 Å². The SMILES string of the molecule is [C-]#[N+]c1ccc(N(Cc2noc(C3CCN(C(=O)c4ccno4)CC3)n2)CC(F)(F)F)cc1C(F)(F)F. The zero-order valence-electron chi connectivity index (χ0n) is 18.9. The van der Waals surface area contributed by atoms with Gasteiger partial charge in [-0.25, -0.2) is 4.85 Å². The van der Waals surface area contributed by atoms with Gasteiger partial charge in [-0.1, -0.05) is 16.4 Å². The molecule has 3 heterocycles. The molecule has 3 aromatic rings. The molecule has 4 rings (SSSR count). The largest absolute Gasteiger partial charge is 0.407 e. The van der Waals surface area contributed by atoms with Crippen molar-refractivity contribution in [3.05, 3.63) is 64.9 Å². The molecule has 0 aliphatic carbocycles. The topological polar surface area (TPSA) is 92.9 Å². The van der Waals surface area contributed by atoms with Crippen molar-refractivity contribution in [3.8, 4) is 0 Å². The fourth-order valence-corrected chi connectivity index (χ4v) is 3.98. The van der Waals surface area contributed by atoms with Crippen LogP contribution in [-0.4, -0.2) is 51.9 Å². The Kier molecular flexibility index (Phi) is 7.10. The molecule has 1 aliphatic rings. The molecule has 1 aromatic carbocycles. The van der Waals surface area contributed by atoms with Gasteiger partial charge in [0.15, 0.2) is 11.5 Å². The number of aromatic nitrogens is 3. The van der Waals surface area contributed by atoms with Crippen LogP contribution in [0, 0.1) is 6.57 Å². The molecule has 0 N–H and O–H groups in total. The van der Waals surface area contributed by atoms with Crippen molar-refractivity contribution in [3.63, 3.8) is 0 Å². The van der Waals surface area contributed by atoms with Gasteiger partial charge in [0.05, 0.1) is 24.9 Å². The number of benzene rings is 1. The van der Waals surface area contributed by atoms with E-state index >= 15 is 0 Å². The number of hydrogen-bond donors (Lipinski definition) is 0. The number of nitrogens with zero attached hydrogens (tertiary/aromatic N) is 6. The molecule has 0 radical (unpaired) electrons. The van der Waals surface area contributed by atoms with Gasteiger partial charge in [0.1, 0.15) is 6.54 Å². The number of halogens is 6. The van der Waals surface area contributed by atoms with Crippen molar-refractivity contribution in [2.45, 2.75) is 37.7 Å². The average Bonchev–Trinajstić information content (AvgIpc) is 3.54. The maximum Gasteiger partial charge on any atom is 0.407 e. The molecule has 0 unspecified atom stereocenters. The van der Waals surface area contributed by atoms with Gasteiger partial charge < -0.3 is 18.8 Å². The number of piperidine rings is 1. The highest BCUT2D eigenvalue weighted by molar-refractivity contribution is 5.91. The van der Waals surface area contributed by atoms with E-state index in [2.05, 4.69) is 20.1 Å². The van der Waals surface area contributed by atoms with E-state index in [1.165, 1.54) is 12.3 Å². The van der Waals surface area contributed by atoms with Crippen molar-refractivity contribution in [1.29, 1.82) is 0 Å². The summed E-state index contributed by atoms with van der Waals surface area (Å²) < 4.78 is 89.9. The van der Waals surface area contributed by atoms with Gasteiger partial charge in [-0.2, -0.15) is 31.3 Å². The number of anilines is 1. The van der Waals surface area contributed by atoms with Crippen LogP contribution in [0.25, 0.3) is 4.85 Å². The van der Waals surface area contributed by atoms with Crippen LogP contribution >= 0.6 is 0 Å². The Labute approximate surface area is 205 Å².